The molecular weight excluding hydrogens is 316 g/mol. The van der Waals surface area contributed by atoms with Gasteiger partial charge in [-0.2, -0.15) is 0 Å². The lowest BCUT2D eigenvalue weighted by Crippen LogP contribution is -2.21. The van der Waals surface area contributed by atoms with E-state index >= 15 is 0 Å². The van der Waals surface area contributed by atoms with Gasteiger partial charge in [-0.1, -0.05) is 25.1 Å². The summed E-state index contributed by atoms with van der Waals surface area (Å²) in [5, 5.41) is 5.65. The van der Waals surface area contributed by atoms with Crippen LogP contribution in [-0.2, 0) is 9.59 Å². The molecule has 0 radical (unpaired) electrons. The molecule has 0 unspecified atom stereocenters. The second-order valence-electron chi connectivity index (χ2n) is 5.99. The molecular formula is C20H24N2O3. The molecule has 0 bridgehead atoms. The van der Waals surface area contributed by atoms with Crippen molar-refractivity contribution < 1.29 is 14.3 Å². The first-order valence-corrected chi connectivity index (χ1v) is 8.30. The predicted octanol–water partition coefficient (Wildman–Crippen LogP) is 3.98. The van der Waals surface area contributed by atoms with E-state index in [1.165, 1.54) is 0 Å². The van der Waals surface area contributed by atoms with Gasteiger partial charge in [0, 0.05) is 17.8 Å². The first-order chi connectivity index (χ1) is 11.9. The zero-order valence-corrected chi connectivity index (χ0v) is 15.1. The molecule has 2 aromatic rings. The Morgan fingerprint density at radius 3 is 2.24 bits per heavy atom. The topological polar surface area (TPSA) is 67.4 Å². The van der Waals surface area contributed by atoms with Gasteiger partial charge in [-0.05, 0) is 55.7 Å². The fraction of sp³-hybridized carbons (Fsp3) is 0.300. The molecule has 0 aliphatic heterocycles. The number of hydrogen-bond donors (Lipinski definition) is 2. The van der Waals surface area contributed by atoms with Crippen molar-refractivity contribution >= 4 is 23.2 Å². The second-order valence-corrected chi connectivity index (χ2v) is 5.99. The summed E-state index contributed by atoms with van der Waals surface area (Å²) in [7, 11) is 0. The van der Waals surface area contributed by atoms with Crippen LogP contribution in [0, 0.1) is 20.8 Å². The maximum Gasteiger partial charge on any atom is 0.262 e. The number of nitrogens with one attached hydrogen (secondary N) is 2. The van der Waals surface area contributed by atoms with Gasteiger partial charge in [-0.3, -0.25) is 9.59 Å². The minimum Gasteiger partial charge on any atom is -0.483 e. The summed E-state index contributed by atoms with van der Waals surface area (Å²) in [6.45, 7) is 7.49. The number of aryl methyl sites for hydroxylation is 2. The van der Waals surface area contributed by atoms with Crippen LogP contribution in [0.15, 0.2) is 36.4 Å². The highest BCUT2D eigenvalue weighted by Crippen LogP contribution is 2.24. The number of ether oxygens (including phenoxy) is 1. The van der Waals surface area contributed by atoms with Gasteiger partial charge in [-0.25, -0.2) is 0 Å². The van der Waals surface area contributed by atoms with Gasteiger partial charge in [0.05, 0.1) is 0 Å². The lowest BCUT2D eigenvalue weighted by atomic mass is 10.1. The smallest absolute Gasteiger partial charge is 0.262 e. The first kappa shape index (κ1) is 18.5. The van der Waals surface area contributed by atoms with Gasteiger partial charge in [0.2, 0.25) is 5.91 Å². The molecule has 0 heterocycles. The zero-order chi connectivity index (χ0) is 18.4. The molecule has 0 fully saturated rings. The van der Waals surface area contributed by atoms with Gasteiger partial charge in [0.15, 0.2) is 6.61 Å². The normalized spacial score (nSPS) is 10.2. The number of carbonyl (C=O) groups is 2. The number of benzene rings is 2. The Bertz CT molecular complexity index is 785. The van der Waals surface area contributed by atoms with Gasteiger partial charge >= 0.3 is 0 Å². The van der Waals surface area contributed by atoms with E-state index in [1.807, 2.05) is 45.0 Å². The van der Waals surface area contributed by atoms with Gasteiger partial charge in [0.1, 0.15) is 5.75 Å². The van der Waals surface area contributed by atoms with E-state index in [0.717, 1.165) is 16.7 Å². The fourth-order valence-corrected chi connectivity index (χ4v) is 2.34. The number of hydrogen-bond acceptors (Lipinski definition) is 3. The summed E-state index contributed by atoms with van der Waals surface area (Å²) >= 11 is 0. The average molecular weight is 340 g/mol. The predicted molar refractivity (Wildman–Crippen MR) is 100 cm³/mol. The Morgan fingerprint density at radius 1 is 0.960 bits per heavy atom. The highest BCUT2D eigenvalue weighted by molar-refractivity contribution is 5.96. The summed E-state index contributed by atoms with van der Waals surface area (Å²) in [6, 6.07) is 11.3. The van der Waals surface area contributed by atoms with Crippen molar-refractivity contribution in [3.63, 3.8) is 0 Å². The van der Waals surface area contributed by atoms with E-state index in [4.69, 9.17) is 4.74 Å². The molecule has 2 aromatic carbocycles. The van der Waals surface area contributed by atoms with E-state index < -0.39 is 0 Å². The lowest BCUT2D eigenvalue weighted by molar-refractivity contribution is -0.118. The average Bonchev–Trinajstić information content (AvgIpc) is 2.59. The Kier molecular flexibility index (Phi) is 6.17. The SMILES string of the molecule is CCC(=O)Nc1cccc(NC(=O)COc2cc(C)ccc2C)c1C. The van der Waals surface area contributed by atoms with Crippen LogP contribution >= 0.6 is 0 Å². The van der Waals surface area contributed by atoms with Crippen molar-refractivity contribution in [2.24, 2.45) is 0 Å². The minimum atomic E-state index is -0.247. The Hall–Kier alpha value is -2.82. The van der Waals surface area contributed by atoms with Crippen LogP contribution in [0.5, 0.6) is 5.75 Å². The zero-order valence-electron chi connectivity index (χ0n) is 15.1. The van der Waals surface area contributed by atoms with E-state index in [1.54, 1.807) is 19.1 Å². The summed E-state index contributed by atoms with van der Waals surface area (Å²) < 4.78 is 5.62. The Balaban J connectivity index is 2.02. The monoisotopic (exact) mass is 340 g/mol. The Morgan fingerprint density at radius 2 is 1.60 bits per heavy atom. The number of carbonyl (C=O) groups excluding carboxylic acids is 2. The molecule has 0 spiro atoms. The van der Waals surface area contributed by atoms with Crippen molar-refractivity contribution in [1.29, 1.82) is 0 Å². The van der Waals surface area contributed by atoms with Crippen LogP contribution in [0.2, 0.25) is 0 Å². The van der Waals surface area contributed by atoms with Crippen molar-refractivity contribution in [3.05, 3.63) is 53.1 Å². The van der Waals surface area contributed by atoms with E-state index in [2.05, 4.69) is 10.6 Å². The molecule has 0 aromatic heterocycles. The van der Waals surface area contributed by atoms with Crippen LogP contribution < -0.4 is 15.4 Å². The van der Waals surface area contributed by atoms with Crippen LogP contribution in [0.3, 0.4) is 0 Å². The highest BCUT2D eigenvalue weighted by atomic mass is 16.5. The van der Waals surface area contributed by atoms with Gasteiger partial charge in [0.25, 0.3) is 5.91 Å². The first-order valence-electron chi connectivity index (χ1n) is 8.30. The van der Waals surface area contributed by atoms with E-state index in [0.29, 0.717) is 23.5 Å². The number of anilines is 2. The number of rotatable bonds is 6. The molecule has 0 atom stereocenters. The maximum atomic E-state index is 12.2. The van der Waals surface area contributed by atoms with Crippen LogP contribution in [0.4, 0.5) is 11.4 Å². The molecule has 25 heavy (non-hydrogen) atoms. The molecule has 2 N–H and O–H groups in total. The molecule has 2 rings (SSSR count). The maximum absolute atomic E-state index is 12.2. The van der Waals surface area contributed by atoms with Crippen molar-refractivity contribution in [1.82, 2.24) is 0 Å². The Labute approximate surface area is 148 Å². The van der Waals surface area contributed by atoms with Crippen molar-refractivity contribution in [3.8, 4) is 5.75 Å². The second kappa shape index (κ2) is 8.33. The molecule has 5 heteroatoms. The quantitative estimate of drug-likeness (QED) is 0.836. The van der Waals surface area contributed by atoms with Crippen molar-refractivity contribution in [2.75, 3.05) is 17.2 Å². The van der Waals surface area contributed by atoms with E-state index in [9.17, 15) is 9.59 Å². The third-order valence-electron chi connectivity index (χ3n) is 3.91. The minimum absolute atomic E-state index is 0.0650. The molecule has 0 aliphatic carbocycles. The van der Waals surface area contributed by atoms with E-state index in [-0.39, 0.29) is 18.4 Å². The van der Waals surface area contributed by atoms with Gasteiger partial charge in [-0.15, -0.1) is 0 Å². The third kappa shape index (κ3) is 5.08. The molecule has 5 nitrogen and oxygen atoms in total. The lowest BCUT2D eigenvalue weighted by Gasteiger charge is -2.14. The standard InChI is InChI=1S/C20H24N2O3/c1-5-19(23)21-16-7-6-8-17(15(16)4)22-20(24)12-25-18-11-13(2)9-10-14(18)3/h6-11H,5,12H2,1-4H3,(H,21,23)(H,22,24). The van der Waals surface area contributed by atoms with Crippen LogP contribution in [-0.4, -0.2) is 18.4 Å². The third-order valence-corrected chi connectivity index (χ3v) is 3.91. The van der Waals surface area contributed by atoms with Crippen LogP contribution in [0.25, 0.3) is 0 Å². The highest BCUT2D eigenvalue weighted by Gasteiger charge is 2.10. The molecule has 0 aliphatic rings. The summed E-state index contributed by atoms with van der Waals surface area (Å²) in [6.07, 6.45) is 0.402. The number of amides is 2. The molecule has 132 valence electrons. The molecule has 2 amide bonds. The summed E-state index contributed by atoms with van der Waals surface area (Å²) in [5.74, 6) is 0.392. The summed E-state index contributed by atoms with van der Waals surface area (Å²) in [4.78, 5) is 23.8. The fourth-order valence-electron chi connectivity index (χ4n) is 2.34. The van der Waals surface area contributed by atoms with Gasteiger partial charge < -0.3 is 15.4 Å². The van der Waals surface area contributed by atoms with Crippen molar-refractivity contribution in [2.45, 2.75) is 34.1 Å². The summed E-state index contributed by atoms with van der Waals surface area (Å²) in [5.41, 5.74) is 4.23. The molecule has 0 saturated heterocycles. The molecule has 0 saturated carbocycles. The largest absolute Gasteiger partial charge is 0.483 e. The van der Waals surface area contributed by atoms with Crippen LogP contribution in [0.1, 0.15) is 30.0 Å².